The Labute approximate surface area is 133 Å². The number of aryl methyl sites for hydroxylation is 1. The maximum Gasteiger partial charge on any atom is 0.246 e. The average Bonchev–Trinajstić information content (AvgIpc) is 3.19. The van der Waals surface area contributed by atoms with Gasteiger partial charge in [0.1, 0.15) is 4.90 Å². The second-order valence-corrected chi connectivity index (χ2v) is 8.20. The Morgan fingerprint density at radius 1 is 1.50 bits per heavy atom. The van der Waals surface area contributed by atoms with Crippen molar-refractivity contribution < 1.29 is 13.2 Å². The van der Waals surface area contributed by atoms with Gasteiger partial charge in [-0.15, -0.1) is 11.3 Å². The molecule has 0 saturated carbocycles. The summed E-state index contributed by atoms with van der Waals surface area (Å²) in [7, 11) is -1.90. The Balaban J connectivity index is 1.80. The Hall–Kier alpha value is -1.51. The third-order valence-electron chi connectivity index (χ3n) is 3.83. The van der Waals surface area contributed by atoms with Crippen molar-refractivity contribution in [1.82, 2.24) is 14.1 Å². The fourth-order valence-corrected chi connectivity index (χ4v) is 5.10. The van der Waals surface area contributed by atoms with Crippen molar-refractivity contribution in [2.24, 2.45) is 7.05 Å². The quantitative estimate of drug-likeness (QED) is 0.780. The molecule has 0 radical (unpaired) electrons. The van der Waals surface area contributed by atoms with E-state index in [1.165, 1.54) is 32.7 Å². The molecule has 0 aliphatic carbocycles. The molecule has 0 N–H and O–H groups in total. The number of ketones is 1. The van der Waals surface area contributed by atoms with E-state index in [1.54, 1.807) is 13.1 Å². The molecule has 1 atom stereocenters. The van der Waals surface area contributed by atoms with Crippen molar-refractivity contribution in [2.45, 2.75) is 30.2 Å². The van der Waals surface area contributed by atoms with Gasteiger partial charge in [-0.1, -0.05) is 6.07 Å². The molecule has 0 aromatic carbocycles. The van der Waals surface area contributed by atoms with Crippen molar-refractivity contribution in [1.29, 1.82) is 0 Å². The number of carbonyl (C=O) groups excluding carboxylic acids is 1. The molecule has 3 rings (SSSR count). The lowest BCUT2D eigenvalue weighted by atomic mass is 10.1. The molecular weight excluding hydrogens is 322 g/mol. The largest absolute Gasteiger partial charge is 0.293 e. The van der Waals surface area contributed by atoms with Gasteiger partial charge in [0.15, 0.2) is 5.78 Å². The predicted molar refractivity (Wildman–Crippen MR) is 83.4 cm³/mol. The lowest BCUT2D eigenvalue weighted by Gasteiger charge is -2.22. The van der Waals surface area contributed by atoms with E-state index in [0.717, 1.165) is 12.8 Å². The Morgan fingerprint density at radius 3 is 2.95 bits per heavy atom. The highest BCUT2D eigenvalue weighted by Crippen LogP contribution is 2.29. The second kappa shape index (κ2) is 5.94. The molecule has 1 aliphatic rings. The summed E-state index contributed by atoms with van der Waals surface area (Å²) in [5, 5.41) is 5.78. The molecule has 1 saturated heterocycles. The molecule has 22 heavy (non-hydrogen) atoms. The lowest BCUT2D eigenvalue weighted by molar-refractivity contribution is 0.0965. The van der Waals surface area contributed by atoms with E-state index in [-0.39, 0.29) is 23.1 Å². The summed E-state index contributed by atoms with van der Waals surface area (Å²) in [6.45, 7) is 0.458. The lowest BCUT2D eigenvalue weighted by Crippen LogP contribution is -2.36. The molecule has 3 heterocycles. The minimum Gasteiger partial charge on any atom is -0.293 e. The van der Waals surface area contributed by atoms with Crippen LogP contribution in [0.3, 0.4) is 0 Å². The predicted octanol–water partition coefficient (Wildman–Crippen LogP) is 1.91. The molecule has 0 spiro atoms. The highest BCUT2D eigenvalue weighted by molar-refractivity contribution is 7.89. The highest BCUT2D eigenvalue weighted by Gasteiger charge is 2.37. The van der Waals surface area contributed by atoms with Gasteiger partial charge in [0.05, 0.1) is 11.1 Å². The van der Waals surface area contributed by atoms with Crippen LogP contribution in [0.4, 0.5) is 0 Å². The highest BCUT2D eigenvalue weighted by atomic mass is 32.2. The van der Waals surface area contributed by atoms with Crippen molar-refractivity contribution in [3.63, 3.8) is 0 Å². The van der Waals surface area contributed by atoms with Gasteiger partial charge < -0.3 is 0 Å². The van der Waals surface area contributed by atoms with Crippen LogP contribution in [0.25, 0.3) is 0 Å². The van der Waals surface area contributed by atoms with Crippen molar-refractivity contribution >= 4 is 27.1 Å². The summed E-state index contributed by atoms with van der Waals surface area (Å²) in [6, 6.07) is 3.35. The van der Waals surface area contributed by atoms with Crippen LogP contribution in [-0.2, 0) is 17.1 Å². The summed E-state index contributed by atoms with van der Waals surface area (Å²) >= 11 is 1.39. The zero-order chi connectivity index (χ0) is 15.7. The van der Waals surface area contributed by atoms with Gasteiger partial charge in [-0.05, 0) is 24.3 Å². The van der Waals surface area contributed by atoms with Gasteiger partial charge in [-0.25, -0.2) is 8.42 Å². The third-order valence-corrected chi connectivity index (χ3v) is 6.64. The van der Waals surface area contributed by atoms with Crippen molar-refractivity contribution in [3.8, 4) is 0 Å². The topological polar surface area (TPSA) is 72.3 Å². The summed E-state index contributed by atoms with van der Waals surface area (Å²) in [4.78, 5) is 13.1. The van der Waals surface area contributed by atoms with Crippen molar-refractivity contribution in [3.05, 3.63) is 34.8 Å². The molecule has 6 nitrogen and oxygen atoms in total. The molecule has 1 fully saturated rings. The number of rotatable bonds is 5. The van der Waals surface area contributed by atoms with Crippen molar-refractivity contribution in [2.75, 3.05) is 6.54 Å². The van der Waals surface area contributed by atoms with Crippen LogP contribution in [-0.4, -0.2) is 40.9 Å². The normalized spacial score (nSPS) is 19.6. The Kier molecular flexibility index (Phi) is 4.16. The monoisotopic (exact) mass is 339 g/mol. The minimum absolute atomic E-state index is 0.00767. The fourth-order valence-electron chi connectivity index (χ4n) is 2.75. The molecule has 0 unspecified atom stereocenters. The van der Waals surface area contributed by atoms with Crippen LogP contribution in [0, 0.1) is 0 Å². The summed E-state index contributed by atoms with van der Waals surface area (Å²) in [5.41, 5.74) is 0. The van der Waals surface area contributed by atoms with Crippen LogP contribution in [0.1, 0.15) is 28.9 Å². The number of hydrogen-bond donors (Lipinski definition) is 0. The summed E-state index contributed by atoms with van der Waals surface area (Å²) < 4.78 is 28.3. The molecule has 1 aliphatic heterocycles. The van der Waals surface area contributed by atoms with E-state index in [4.69, 9.17) is 0 Å². The van der Waals surface area contributed by atoms with Gasteiger partial charge in [-0.3, -0.25) is 9.48 Å². The maximum absolute atomic E-state index is 12.7. The van der Waals surface area contributed by atoms with Crippen LogP contribution in [0.2, 0.25) is 0 Å². The van der Waals surface area contributed by atoms with Crippen LogP contribution in [0.5, 0.6) is 0 Å². The molecule has 8 heteroatoms. The van der Waals surface area contributed by atoms with Gasteiger partial charge in [-0.2, -0.15) is 9.40 Å². The number of aromatic nitrogens is 2. The fraction of sp³-hybridized carbons (Fsp3) is 0.429. The maximum atomic E-state index is 12.7. The first-order chi connectivity index (χ1) is 10.5. The first-order valence-electron chi connectivity index (χ1n) is 7.05. The number of nitrogens with zero attached hydrogens (tertiary/aromatic N) is 3. The number of thiophene rings is 1. The SMILES string of the molecule is Cn1cc(S(=O)(=O)N2CCC[C@@H]2CC(=O)c2cccs2)cn1. The van der Waals surface area contributed by atoms with E-state index in [0.29, 0.717) is 11.4 Å². The summed E-state index contributed by atoms with van der Waals surface area (Å²) in [5.74, 6) is 0.00767. The number of carbonyl (C=O) groups is 1. The van der Waals surface area contributed by atoms with E-state index in [1.807, 2.05) is 11.4 Å². The van der Waals surface area contributed by atoms with E-state index >= 15 is 0 Å². The average molecular weight is 339 g/mol. The smallest absolute Gasteiger partial charge is 0.246 e. The van der Waals surface area contributed by atoms with E-state index < -0.39 is 10.0 Å². The van der Waals surface area contributed by atoms with Crippen LogP contribution >= 0.6 is 11.3 Å². The van der Waals surface area contributed by atoms with E-state index in [2.05, 4.69) is 5.10 Å². The van der Waals surface area contributed by atoms with Gasteiger partial charge >= 0.3 is 0 Å². The molecule has 118 valence electrons. The number of hydrogen-bond acceptors (Lipinski definition) is 5. The third kappa shape index (κ3) is 2.86. The van der Waals surface area contributed by atoms with Crippen LogP contribution < -0.4 is 0 Å². The zero-order valence-corrected chi connectivity index (χ0v) is 13.8. The second-order valence-electron chi connectivity index (χ2n) is 5.37. The van der Waals surface area contributed by atoms with Gasteiger partial charge in [0, 0.05) is 32.3 Å². The number of Topliss-reactive ketones (excluding diaryl/α,β-unsaturated/α-hetero) is 1. The minimum atomic E-state index is -3.58. The Bertz CT molecular complexity index is 765. The van der Waals surface area contributed by atoms with Gasteiger partial charge in [0.25, 0.3) is 0 Å². The molecule has 2 aromatic heterocycles. The van der Waals surface area contributed by atoms with Crippen LogP contribution in [0.15, 0.2) is 34.8 Å². The summed E-state index contributed by atoms with van der Waals surface area (Å²) in [6.07, 6.45) is 4.58. The molecule has 0 amide bonds. The first kappa shape index (κ1) is 15.4. The first-order valence-corrected chi connectivity index (χ1v) is 9.37. The van der Waals surface area contributed by atoms with E-state index in [9.17, 15) is 13.2 Å². The standard InChI is InChI=1S/C14H17N3O3S2/c1-16-10-12(9-15-16)22(19,20)17-6-2-4-11(17)8-13(18)14-5-3-7-21-14/h3,5,7,9-11H,2,4,6,8H2,1H3/t11-/m1/s1. The number of sulfonamides is 1. The molecule has 0 bridgehead atoms. The molecular formula is C14H17N3O3S2. The zero-order valence-electron chi connectivity index (χ0n) is 12.2. The Morgan fingerprint density at radius 2 is 2.32 bits per heavy atom. The van der Waals surface area contributed by atoms with Gasteiger partial charge in [0.2, 0.25) is 10.0 Å². The molecule has 2 aromatic rings.